The molecular weight excluding hydrogens is 306 g/mol. The van der Waals surface area contributed by atoms with E-state index in [1.54, 1.807) is 6.92 Å². The smallest absolute Gasteiger partial charge is 0.143 e. The fraction of sp³-hybridized carbons (Fsp3) is 0.538. The van der Waals surface area contributed by atoms with Gasteiger partial charge in [0, 0.05) is 18.6 Å². The van der Waals surface area contributed by atoms with Crippen molar-refractivity contribution in [2.45, 2.75) is 37.9 Å². The van der Waals surface area contributed by atoms with E-state index < -0.39 is 23.3 Å². The largest absolute Gasteiger partial charge is 0.390 e. The number of ether oxygens (including phenoxy) is 1. The average Bonchev–Trinajstić information content (AvgIpc) is 2.78. The SMILES string of the molecule is CC1(C(O)Cc2c(F)ccc(Br)c2F)CCCO1. The van der Waals surface area contributed by atoms with Gasteiger partial charge in [-0.05, 0) is 47.8 Å². The van der Waals surface area contributed by atoms with E-state index in [1.807, 2.05) is 0 Å². The second-order valence-electron chi connectivity index (χ2n) is 4.81. The third-order valence-corrected chi connectivity index (χ3v) is 4.10. The van der Waals surface area contributed by atoms with Crippen LogP contribution in [0.25, 0.3) is 0 Å². The normalized spacial score (nSPS) is 25.4. The molecule has 2 nitrogen and oxygen atoms in total. The summed E-state index contributed by atoms with van der Waals surface area (Å²) in [5.41, 5.74) is -0.810. The maximum atomic E-state index is 13.8. The first-order chi connectivity index (χ1) is 8.44. The van der Waals surface area contributed by atoms with Crippen LogP contribution in [-0.4, -0.2) is 23.4 Å². The van der Waals surface area contributed by atoms with Crippen molar-refractivity contribution in [2.75, 3.05) is 6.61 Å². The monoisotopic (exact) mass is 320 g/mol. The Morgan fingerprint density at radius 2 is 2.22 bits per heavy atom. The van der Waals surface area contributed by atoms with Gasteiger partial charge in [0.05, 0.1) is 16.2 Å². The van der Waals surface area contributed by atoms with Crippen molar-refractivity contribution >= 4 is 15.9 Å². The molecule has 1 fully saturated rings. The van der Waals surface area contributed by atoms with E-state index >= 15 is 0 Å². The summed E-state index contributed by atoms with van der Waals surface area (Å²) >= 11 is 3.01. The number of aliphatic hydroxyl groups excluding tert-OH is 1. The fourth-order valence-electron chi connectivity index (χ4n) is 2.23. The molecule has 2 atom stereocenters. The zero-order valence-corrected chi connectivity index (χ0v) is 11.6. The van der Waals surface area contributed by atoms with Crippen LogP contribution in [0.4, 0.5) is 8.78 Å². The lowest BCUT2D eigenvalue weighted by Crippen LogP contribution is -2.40. The van der Waals surface area contributed by atoms with Gasteiger partial charge in [-0.1, -0.05) is 0 Å². The summed E-state index contributed by atoms with van der Waals surface area (Å²) in [6.45, 7) is 2.36. The van der Waals surface area contributed by atoms with Crippen molar-refractivity contribution in [2.24, 2.45) is 0 Å². The Balaban J connectivity index is 2.21. The molecule has 1 saturated heterocycles. The van der Waals surface area contributed by atoms with Crippen molar-refractivity contribution < 1.29 is 18.6 Å². The molecular formula is C13H15BrF2O2. The maximum absolute atomic E-state index is 13.8. The molecule has 1 aliphatic rings. The zero-order valence-electron chi connectivity index (χ0n) is 10.0. The number of rotatable bonds is 3. The summed E-state index contributed by atoms with van der Waals surface area (Å²) in [4.78, 5) is 0. The van der Waals surface area contributed by atoms with Crippen molar-refractivity contribution in [1.29, 1.82) is 0 Å². The van der Waals surface area contributed by atoms with Crippen LogP contribution in [0, 0.1) is 11.6 Å². The molecule has 2 unspecified atom stereocenters. The van der Waals surface area contributed by atoms with Crippen LogP contribution in [-0.2, 0) is 11.2 Å². The maximum Gasteiger partial charge on any atom is 0.143 e. The van der Waals surface area contributed by atoms with Crippen molar-refractivity contribution in [3.8, 4) is 0 Å². The minimum Gasteiger partial charge on any atom is -0.390 e. The average molecular weight is 321 g/mol. The predicted molar refractivity (Wildman–Crippen MR) is 67.4 cm³/mol. The standard InChI is InChI=1S/C13H15BrF2O2/c1-13(5-2-6-18-13)11(17)7-8-10(15)4-3-9(14)12(8)16/h3-4,11,17H,2,5-7H2,1H3. The highest BCUT2D eigenvalue weighted by Crippen LogP contribution is 2.32. The molecule has 5 heteroatoms. The molecule has 0 bridgehead atoms. The number of aliphatic hydroxyl groups is 1. The molecule has 0 aliphatic carbocycles. The second-order valence-corrected chi connectivity index (χ2v) is 5.66. The minimum atomic E-state index is -0.918. The Kier molecular flexibility index (Phi) is 4.04. The highest BCUT2D eigenvalue weighted by molar-refractivity contribution is 9.10. The Labute approximate surface area is 113 Å². The summed E-state index contributed by atoms with van der Waals surface area (Å²) in [6.07, 6.45) is 0.550. The van der Waals surface area contributed by atoms with Crippen LogP contribution in [0.1, 0.15) is 25.3 Å². The van der Waals surface area contributed by atoms with Gasteiger partial charge >= 0.3 is 0 Å². The van der Waals surface area contributed by atoms with Crippen LogP contribution in [0.3, 0.4) is 0 Å². The Hall–Kier alpha value is -0.520. The molecule has 100 valence electrons. The van der Waals surface area contributed by atoms with Crippen molar-refractivity contribution in [1.82, 2.24) is 0 Å². The van der Waals surface area contributed by atoms with Gasteiger partial charge in [-0.25, -0.2) is 8.78 Å². The number of benzene rings is 1. The molecule has 0 spiro atoms. The van der Waals surface area contributed by atoms with Crippen molar-refractivity contribution in [3.05, 3.63) is 33.8 Å². The van der Waals surface area contributed by atoms with Gasteiger partial charge in [0.15, 0.2) is 0 Å². The van der Waals surface area contributed by atoms with Gasteiger partial charge < -0.3 is 9.84 Å². The Morgan fingerprint density at radius 1 is 1.50 bits per heavy atom. The van der Waals surface area contributed by atoms with Crippen LogP contribution >= 0.6 is 15.9 Å². The van der Waals surface area contributed by atoms with Crippen LogP contribution in [0.15, 0.2) is 16.6 Å². The molecule has 1 aliphatic heterocycles. The lowest BCUT2D eigenvalue weighted by Gasteiger charge is -2.29. The number of hydrogen-bond acceptors (Lipinski definition) is 2. The third kappa shape index (κ3) is 2.58. The quantitative estimate of drug-likeness (QED) is 0.867. The molecule has 1 aromatic rings. The molecule has 1 N–H and O–H groups in total. The molecule has 0 amide bonds. The topological polar surface area (TPSA) is 29.5 Å². The summed E-state index contributed by atoms with van der Waals surface area (Å²) in [6, 6.07) is 2.50. The van der Waals surface area contributed by atoms with E-state index in [2.05, 4.69) is 15.9 Å². The fourth-order valence-corrected chi connectivity index (χ4v) is 2.60. The zero-order chi connectivity index (χ0) is 13.3. The van der Waals surface area contributed by atoms with E-state index in [0.717, 1.165) is 6.42 Å². The first kappa shape index (κ1) is 13.9. The Morgan fingerprint density at radius 3 is 2.83 bits per heavy atom. The molecule has 0 saturated carbocycles. The number of hydrogen-bond donors (Lipinski definition) is 1. The van der Waals surface area contributed by atoms with Gasteiger partial charge in [-0.2, -0.15) is 0 Å². The third-order valence-electron chi connectivity index (χ3n) is 3.49. The lowest BCUT2D eigenvalue weighted by molar-refractivity contribution is -0.0773. The lowest BCUT2D eigenvalue weighted by atomic mass is 9.90. The van der Waals surface area contributed by atoms with E-state index in [-0.39, 0.29) is 16.5 Å². The molecule has 18 heavy (non-hydrogen) atoms. The molecule has 0 aromatic heterocycles. The van der Waals surface area contributed by atoms with E-state index in [0.29, 0.717) is 13.0 Å². The first-order valence-electron chi connectivity index (χ1n) is 5.88. The highest BCUT2D eigenvalue weighted by atomic mass is 79.9. The molecule has 1 heterocycles. The second kappa shape index (κ2) is 5.23. The summed E-state index contributed by atoms with van der Waals surface area (Å²) < 4.78 is 33.1. The highest BCUT2D eigenvalue weighted by Gasteiger charge is 2.38. The van der Waals surface area contributed by atoms with Crippen LogP contribution in [0.2, 0.25) is 0 Å². The van der Waals surface area contributed by atoms with Gasteiger partial charge in [0.1, 0.15) is 11.6 Å². The van der Waals surface area contributed by atoms with E-state index in [9.17, 15) is 13.9 Å². The van der Waals surface area contributed by atoms with Gasteiger partial charge in [0.2, 0.25) is 0 Å². The summed E-state index contributed by atoms with van der Waals surface area (Å²) in [5, 5.41) is 10.1. The molecule has 0 radical (unpaired) electrons. The van der Waals surface area contributed by atoms with Gasteiger partial charge in [0.25, 0.3) is 0 Å². The summed E-state index contributed by atoms with van der Waals surface area (Å²) in [7, 11) is 0. The molecule has 2 rings (SSSR count). The summed E-state index contributed by atoms with van der Waals surface area (Å²) in [5.74, 6) is -1.30. The van der Waals surface area contributed by atoms with Crippen molar-refractivity contribution in [3.63, 3.8) is 0 Å². The molecule has 1 aromatic carbocycles. The number of halogens is 3. The van der Waals surface area contributed by atoms with Crippen LogP contribution in [0.5, 0.6) is 0 Å². The minimum absolute atomic E-state index is 0.0897. The van der Waals surface area contributed by atoms with Gasteiger partial charge in [-0.15, -0.1) is 0 Å². The predicted octanol–water partition coefficient (Wildman–Crippen LogP) is 3.20. The van der Waals surface area contributed by atoms with E-state index in [4.69, 9.17) is 4.74 Å². The van der Waals surface area contributed by atoms with E-state index in [1.165, 1.54) is 12.1 Å². The van der Waals surface area contributed by atoms with Gasteiger partial charge in [-0.3, -0.25) is 0 Å². The first-order valence-corrected chi connectivity index (χ1v) is 6.68. The Bertz CT molecular complexity index is 445. The van der Waals surface area contributed by atoms with Crippen LogP contribution < -0.4 is 0 Å².